The Bertz CT molecular complexity index is 799. The van der Waals surface area contributed by atoms with Crippen molar-refractivity contribution >= 4 is 24.9 Å². The number of aliphatic hydroxyl groups is 1. The van der Waals surface area contributed by atoms with Gasteiger partial charge in [-0.1, -0.05) is 51.3 Å². The van der Waals surface area contributed by atoms with Crippen molar-refractivity contribution in [1.82, 2.24) is 10.6 Å². The van der Waals surface area contributed by atoms with E-state index >= 15 is 0 Å². The van der Waals surface area contributed by atoms with Crippen molar-refractivity contribution in [2.75, 3.05) is 24.2 Å². The molecule has 8 nitrogen and oxygen atoms in total. The van der Waals surface area contributed by atoms with Crippen LogP contribution in [0.5, 0.6) is 0 Å². The van der Waals surface area contributed by atoms with Crippen molar-refractivity contribution in [2.45, 2.75) is 71.1 Å². The third-order valence-corrected chi connectivity index (χ3v) is 8.15. The fourth-order valence-corrected chi connectivity index (χ4v) is 6.34. The van der Waals surface area contributed by atoms with Gasteiger partial charge in [-0.15, -0.1) is 0 Å². The van der Waals surface area contributed by atoms with Crippen molar-refractivity contribution in [1.29, 1.82) is 0 Å². The predicted molar refractivity (Wildman–Crippen MR) is 131 cm³/mol. The van der Waals surface area contributed by atoms with Crippen LogP contribution in [0.15, 0.2) is 30.3 Å². The van der Waals surface area contributed by atoms with Crippen molar-refractivity contribution in [3.8, 4) is 0 Å². The van der Waals surface area contributed by atoms with Crippen LogP contribution in [0, 0.1) is 11.8 Å². The van der Waals surface area contributed by atoms with Gasteiger partial charge in [-0.25, -0.2) is 0 Å². The molecule has 0 radical (unpaired) electrons. The standard InChI is InChI=1S/C24H40N3O5P/c1-17(2)22(27-20-12-8-5-9-13-20)24(30)26-18(3)23(29)25-14-21(28)16-33(31,32)15-19-10-6-4-7-11-19/h5,8-9,12-13,17-19,21-22,27-28H,4,6-7,10-11,14-16H2,1-3H3,(H,25,29)(H,26,30)(H,31,32). The van der Waals surface area contributed by atoms with E-state index in [0.29, 0.717) is 0 Å². The van der Waals surface area contributed by atoms with Gasteiger partial charge >= 0.3 is 0 Å². The smallest absolute Gasteiger partial charge is 0.243 e. The number of hydrogen-bond donors (Lipinski definition) is 5. The Morgan fingerprint density at radius 3 is 2.30 bits per heavy atom. The second-order valence-corrected chi connectivity index (χ2v) is 12.0. The minimum atomic E-state index is -3.46. The average molecular weight is 482 g/mol. The van der Waals surface area contributed by atoms with E-state index in [9.17, 15) is 24.2 Å². The molecule has 4 atom stereocenters. The quantitative estimate of drug-likeness (QED) is 0.292. The van der Waals surface area contributed by atoms with Gasteiger partial charge < -0.3 is 26.0 Å². The van der Waals surface area contributed by atoms with Crippen molar-refractivity contribution in [3.05, 3.63) is 30.3 Å². The Balaban J connectivity index is 1.78. The highest BCUT2D eigenvalue weighted by Crippen LogP contribution is 2.45. The third-order valence-electron chi connectivity index (χ3n) is 6.07. The molecule has 1 fully saturated rings. The highest BCUT2D eigenvalue weighted by atomic mass is 31.2. The lowest BCUT2D eigenvalue weighted by Crippen LogP contribution is -2.52. The average Bonchev–Trinajstić information content (AvgIpc) is 2.76. The minimum Gasteiger partial charge on any atom is -0.391 e. The number of hydrogen-bond acceptors (Lipinski definition) is 5. The first-order valence-electron chi connectivity index (χ1n) is 12.0. The topological polar surface area (TPSA) is 128 Å². The number of benzene rings is 1. The Morgan fingerprint density at radius 1 is 1.06 bits per heavy atom. The summed E-state index contributed by atoms with van der Waals surface area (Å²) in [5, 5.41) is 18.7. The minimum absolute atomic E-state index is 0.00912. The van der Waals surface area contributed by atoms with Crippen LogP contribution in [-0.2, 0) is 14.2 Å². The summed E-state index contributed by atoms with van der Waals surface area (Å²) in [4.78, 5) is 35.5. The van der Waals surface area contributed by atoms with Crippen LogP contribution in [-0.4, -0.2) is 58.9 Å². The molecule has 0 spiro atoms. The van der Waals surface area contributed by atoms with Crippen molar-refractivity contribution in [3.63, 3.8) is 0 Å². The van der Waals surface area contributed by atoms with Crippen LogP contribution in [0.2, 0.25) is 0 Å². The molecule has 0 aromatic heterocycles. The molecular formula is C24H40N3O5P. The lowest BCUT2D eigenvalue weighted by atomic mass is 9.91. The van der Waals surface area contributed by atoms with Gasteiger partial charge in [-0.05, 0) is 43.7 Å². The second-order valence-electron chi connectivity index (χ2n) is 9.58. The van der Waals surface area contributed by atoms with E-state index in [4.69, 9.17) is 0 Å². The van der Waals surface area contributed by atoms with E-state index in [2.05, 4.69) is 16.0 Å². The summed E-state index contributed by atoms with van der Waals surface area (Å²) in [5.74, 6) is -0.524. The highest BCUT2D eigenvalue weighted by molar-refractivity contribution is 7.58. The molecular weight excluding hydrogens is 441 g/mol. The van der Waals surface area contributed by atoms with Crippen molar-refractivity contribution < 1.29 is 24.2 Å². The van der Waals surface area contributed by atoms with Gasteiger partial charge in [0.2, 0.25) is 19.2 Å². The maximum absolute atomic E-state index is 12.7. The Kier molecular flexibility index (Phi) is 10.9. The van der Waals surface area contributed by atoms with Gasteiger partial charge in [0.15, 0.2) is 0 Å². The number of aliphatic hydroxyl groups excluding tert-OH is 1. The monoisotopic (exact) mass is 481 g/mol. The Morgan fingerprint density at radius 2 is 1.70 bits per heavy atom. The van der Waals surface area contributed by atoms with Crippen LogP contribution < -0.4 is 16.0 Å². The Labute approximate surface area is 197 Å². The van der Waals surface area contributed by atoms with Gasteiger partial charge in [0.25, 0.3) is 0 Å². The summed E-state index contributed by atoms with van der Waals surface area (Å²) in [7, 11) is -3.46. The zero-order valence-electron chi connectivity index (χ0n) is 20.0. The fourth-order valence-electron chi connectivity index (χ4n) is 4.23. The first kappa shape index (κ1) is 27.4. The molecule has 0 heterocycles. The van der Waals surface area contributed by atoms with E-state index in [1.807, 2.05) is 44.2 Å². The summed E-state index contributed by atoms with van der Waals surface area (Å²) in [6.45, 7) is 5.27. The molecule has 2 amide bonds. The zero-order valence-corrected chi connectivity index (χ0v) is 20.9. The normalized spacial score (nSPS) is 19.2. The molecule has 1 aromatic rings. The molecule has 2 rings (SSSR count). The summed E-state index contributed by atoms with van der Waals surface area (Å²) >= 11 is 0. The van der Waals surface area contributed by atoms with E-state index in [0.717, 1.165) is 31.4 Å². The largest absolute Gasteiger partial charge is 0.391 e. The first-order valence-corrected chi connectivity index (χ1v) is 14.0. The molecule has 0 aliphatic heterocycles. The second kappa shape index (κ2) is 13.1. The molecule has 9 heteroatoms. The molecule has 1 aliphatic carbocycles. The number of nitrogens with one attached hydrogen (secondary N) is 3. The highest BCUT2D eigenvalue weighted by Gasteiger charge is 2.29. The van der Waals surface area contributed by atoms with Gasteiger partial charge in [-0.3, -0.25) is 14.2 Å². The molecule has 1 saturated carbocycles. The molecule has 1 aliphatic rings. The number of amides is 2. The molecule has 5 N–H and O–H groups in total. The van der Waals surface area contributed by atoms with Crippen LogP contribution in [0.25, 0.3) is 0 Å². The fraction of sp³-hybridized carbons (Fsp3) is 0.667. The van der Waals surface area contributed by atoms with E-state index in [1.54, 1.807) is 6.92 Å². The molecule has 4 unspecified atom stereocenters. The zero-order chi connectivity index (χ0) is 24.4. The van der Waals surface area contributed by atoms with E-state index in [-0.39, 0.29) is 36.6 Å². The van der Waals surface area contributed by atoms with Crippen LogP contribution in [0.4, 0.5) is 5.69 Å². The number of carbonyl (C=O) groups excluding carboxylic acids is 2. The molecule has 0 bridgehead atoms. The number of anilines is 1. The molecule has 1 aromatic carbocycles. The number of para-hydroxylation sites is 1. The number of rotatable bonds is 12. The number of carbonyl (C=O) groups is 2. The Hall–Kier alpha value is -1.89. The molecule has 186 valence electrons. The van der Waals surface area contributed by atoms with Crippen molar-refractivity contribution in [2.24, 2.45) is 11.8 Å². The predicted octanol–water partition coefficient (Wildman–Crippen LogP) is 2.96. The lowest BCUT2D eigenvalue weighted by molar-refractivity contribution is -0.129. The maximum Gasteiger partial charge on any atom is 0.243 e. The maximum atomic E-state index is 12.7. The van der Waals surface area contributed by atoms with Crippen LogP contribution >= 0.6 is 7.37 Å². The summed E-state index contributed by atoms with van der Waals surface area (Å²) in [5.41, 5.74) is 0.813. The molecule has 0 saturated heterocycles. The lowest BCUT2D eigenvalue weighted by Gasteiger charge is -2.26. The first-order chi connectivity index (χ1) is 15.6. The van der Waals surface area contributed by atoms with E-state index in [1.165, 1.54) is 6.42 Å². The van der Waals surface area contributed by atoms with Gasteiger partial charge in [0.05, 0.1) is 12.3 Å². The van der Waals surface area contributed by atoms with Crippen LogP contribution in [0.3, 0.4) is 0 Å². The third kappa shape index (κ3) is 9.86. The summed E-state index contributed by atoms with van der Waals surface area (Å²) in [6.07, 6.45) is 4.17. The summed E-state index contributed by atoms with van der Waals surface area (Å²) < 4.78 is 12.5. The van der Waals surface area contributed by atoms with Gasteiger partial charge in [0.1, 0.15) is 12.1 Å². The van der Waals surface area contributed by atoms with Gasteiger partial charge in [0, 0.05) is 18.4 Å². The SMILES string of the molecule is CC(NC(=O)C(Nc1ccccc1)C(C)C)C(=O)NCC(O)CP(=O)(O)CC1CCCCC1. The molecule has 33 heavy (non-hydrogen) atoms. The van der Waals surface area contributed by atoms with Gasteiger partial charge in [-0.2, -0.15) is 0 Å². The summed E-state index contributed by atoms with van der Waals surface area (Å²) in [6, 6.07) is 8.05. The van der Waals surface area contributed by atoms with Crippen LogP contribution in [0.1, 0.15) is 52.9 Å². The van der Waals surface area contributed by atoms with E-state index < -0.39 is 31.5 Å².